The van der Waals surface area contributed by atoms with E-state index in [4.69, 9.17) is 4.74 Å². The van der Waals surface area contributed by atoms with Gasteiger partial charge in [-0.15, -0.1) is 0 Å². The van der Waals surface area contributed by atoms with Crippen LogP contribution in [-0.2, 0) is 5.60 Å². The summed E-state index contributed by atoms with van der Waals surface area (Å²) in [6.07, 6.45) is -3.18. The number of halogens is 4. The second kappa shape index (κ2) is 6.42. The largest absolute Gasteiger partial charge is 0.497 e. The van der Waals surface area contributed by atoms with Gasteiger partial charge in [0.25, 0.3) is 0 Å². The number of rotatable bonds is 4. The highest BCUT2D eigenvalue weighted by Crippen LogP contribution is 2.41. The van der Waals surface area contributed by atoms with Crippen molar-refractivity contribution in [2.45, 2.75) is 11.8 Å². The molecule has 0 aliphatic carbocycles. The van der Waals surface area contributed by atoms with Crippen LogP contribution in [0.5, 0.6) is 5.75 Å². The zero-order valence-corrected chi connectivity index (χ0v) is 12.1. The minimum atomic E-state index is -4.92. The third kappa shape index (κ3) is 3.71. The third-order valence-electron chi connectivity index (χ3n) is 3.35. The minimum absolute atomic E-state index is 0.336. The first-order chi connectivity index (χ1) is 10.8. The van der Waals surface area contributed by atoms with Crippen LogP contribution in [0.15, 0.2) is 54.6 Å². The van der Waals surface area contributed by atoms with E-state index < -0.39 is 17.6 Å². The predicted octanol–water partition coefficient (Wildman–Crippen LogP) is 4.30. The van der Waals surface area contributed by atoms with Crippen LogP contribution in [-0.4, -0.2) is 18.4 Å². The van der Waals surface area contributed by atoms with Gasteiger partial charge in [0.2, 0.25) is 5.60 Å². The molecule has 0 saturated carbocycles. The molecule has 6 heteroatoms. The van der Waals surface area contributed by atoms with Crippen molar-refractivity contribution in [1.29, 1.82) is 0 Å². The SMILES string of the molecule is COc1ccc(C(O)(C=Cc2ccc(F)cc2)C(F)(F)F)cc1. The highest BCUT2D eigenvalue weighted by Gasteiger charge is 2.53. The smallest absolute Gasteiger partial charge is 0.425 e. The molecule has 0 heterocycles. The number of methoxy groups -OCH3 is 1. The van der Waals surface area contributed by atoms with E-state index in [0.717, 1.165) is 30.3 Å². The van der Waals surface area contributed by atoms with Gasteiger partial charge in [-0.2, -0.15) is 13.2 Å². The van der Waals surface area contributed by atoms with Crippen LogP contribution in [0, 0.1) is 5.82 Å². The Morgan fingerprint density at radius 1 is 0.957 bits per heavy atom. The third-order valence-corrected chi connectivity index (χ3v) is 3.35. The maximum atomic E-state index is 13.3. The quantitative estimate of drug-likeness (QED) is 0.849. The van der Waals surface area contributed by atoms with E-state index in [0.29, 0.717) is 17.4 Å². The zero-order chi connectivity index (χ0) is 17.1. The normalized spacial score (nSPS) is 14.7. The summed E-state index contributed by atoms with van der Waals surface area (Å²) in [4.78, 5) is 0. The van der Waals surface area contributed by atoms with E-state index >= 15 is 0 Å². The summed E-state index contributed by atoms with van der Waals surface area (Å²) in [6.45, 7) is 0. The molecule has 0 aliphatic heterocycles. The Bertz CT molecular complexity index is 675. The molecule has 0 bridgehead atoms. The van der Waals surface area contributed by atoms with Crippen molar-refractivity contribution >= 4 is 6.08 Å². The standard InChI is InChI=1S/C17H14F4O2/c1-23-15-8-4-13(5-9-15)16(22,17(19,20)21)11-10-12-2-6-14(18)7-3-12/h2-11,22H,1H3. The van der Waals surface area contributed by atoms with E-state index in [1.54, 1.807) is 0 Å². The van der Waals surface area contributed by atoms with Crippen LogP contribution < -0.4 is 4.74 Å². The fraction of sp³-hybridized carbons (Fsp3) is 0.176. The first kappa shape index (κ1) is 17.0. The monoisotopic (exact) mass is 326 g/mol. The van der Waals surface area contributed by atoms with Gasteiger partial charge >= 0.3 is 6.18 Å². The first-order valence-corrected chi connectivity index (χ1v) is 6.65. The summed E-state index contributed by atoms with van der Waals surface area (Å²) >= 11 is 0. The highest BCUT2D eigenvalue weighted by atomic mass is 19.4. The van der Waals surface area contributed by atoms with Gasteiger partial charge in [0.05, 0.1) is 7.11 Å². The predicted molar refractivity (Wildman–Crippen MR) is 78.4 cm³/mol. The number of aliphatic hydroxyl groups is 1. The molecule has 0 amide bonds. The summed E-state index contributed by atoms with van der Waals surface area (Å²) in [6, 6.07) is 9.82. The van der Waals surface area contributed by atoms with E-state index in [1.807, 2.05) is 0 Å². The van der Waals surface area contributed by atoms with E-state index in [9.17, 15) is 22.7 Å². The molecule has 2 nitrogen and oxygen atoms in total. The van der Waals surface area contributed by atoms with Gasteiger partial charge in [-0.3, -0.25) is 0 Å². The van der Waals surface area contributed by atoms with E-state index in [-0.39, 0.29) is 5.56 Å². The highest BCUT2D eigenvalue weighted by molar-refractivity contribution is 5.52. The van der Waals surface area contributed by atoms with Crippen molar-refractivity contribution in [2.24, 2.45) is 0 Å². The lowest BCUT2D eigenvalue weighted by atomic mass is 9.92. The molecule has 0 aliphatic rings. The lowest BCUT2D eigenvalue weighted by Gasteiger charge is -2.28. The van der Waals surface area contributed by atoms with Gasteiger partial charge in [-0.05, 0) is 41.5 Å². The lowest BCUT2D eigenvalue weighted by Crippen LogP contribution is -2.40. The van der Waals surface area contributed by atoms with Crippen LogP contribution in [0.3, 0.4) is 0 Å². The molecule has 0 aromatic heterocycles. The molecule has 0 saturated heterocycles. The van der Waals surface area contributed by atoms with E-state index in [1.165, 1.54) is 31.4 Å². The van der Waals surface area contributed by atoms with Gasteiger partial charge in [-0.25, -0.2) is 4.39 Å². The number of alkyl halides is 3. The van der Waals surface area contributed by atoms with Crippen molar-refractivity contribution in [1.82, 2.24) is 0 Å². The number of hydrogen-bond donors (Lipinski definition) is 1. The Balaban J connectivity index is 2.40. The average molecular weight is 326 g/mol. The van der Waals surface area contributed by atoms with Gasteiger partial charge < -0.3 is 9.84 Å². The molecule has 1 atom stereocenters. The van der Waals surface area contributed by atoms with Crippen LogP contribution in [0.25, 0.3) is 6.08 Å². The number of ether oxygens (including phenoxy) is 1. The Kier molecular flexibility index (Phi) is 4.75. The summed E-state index contributed by atoms with van der Waals surface area (Å²) in [5.74, 6) is -0.121. The van der Waals surface area contributed by atoms with Crippen LogP contribution >= 0.6 is 0 Å². The molecule has 2 aromatic carbocycles. The Morgan fingerprint density at radius 2 is 1.52 bits per heavy atom. The summed E-state index contributed by atoms with van der Waals surface area (Å²) in [5.41, 5.74) is -3.17. The van der Waals surface area contributed by atoms with Crippen molar-refractivity contribution in [3.05, 3.63) is 71.6 Å². The van der Waals surface area contributed by atoms with E-state index in [2.05, 4.69) is 0 Å². The maximum absolute atomic E-state index is 13.3. The Labute approximate surface area is 130 Å². The van der Waals surface area contributed by atoms with Crippen molar-refractivity contribution < 1.29 is 27.4 Å². The van der Waals surface area contributed by atoms with Crippen LogP contribution in [0.4, 0.5) is 17.6 Å². The molecule has 2 aromatic rings. The number of hydrogen-bond acceptors (Lipinski definition) is 2. The van der Waals surface area contributed by atoms with Gasteiger partial charge in [0.1, 0.15) is 11.6 Å². The summed E-state index contributed by atoms with van der Waals surface area (Å²) < 4.78 is 57.8. The molecular weight excluding hydrogens is 312 g/mol. The topological polar surface area (TPSA) is 29.5 Å². The molecule has 0 spiro atoms. The maximum Gasteiger partial charge on any atom is 0.425 e. The molecule has 122 valence electrons. The molecule has 23 heavy (non-hydrogen) atoms. The van der Waals surface area contributed by atoms with Gasteiger partial charge in [-0.1, -0.05) is 30.3 Å². The average Bonchev–Trinajstić information content (AvgIpc) is 2.53. The lowest BCUT2D eigenvalue weighted by molar-refractivity contribution is -0.244. The second-order valence-electron chi connectivity index (χ2n) is 4.88. The van der Waals surface area contributed by atoms with Crippen molar-refractivity contribution in [2.75, 3.05) is 7.11 Å². The van der Waals surface area contributed by atoms with Gasteiger partial charge in [0.15, 0.2) is 0 Å². The van der Waals surface area contributed by atoms with Gasteiger partial charge in [0, 0.05) is 0 Å². The molecule has 0 radical (unpaired) electrons. The molecular formula is C17H14F4O2. The summed E-state index contributed by atoms with van der Waals surface area (Å²) in [7, 11) is 1.39. The van der Waals surface area contributed by atoms with Crippen LogP contribution in [0.2, 0.25) is 0 Å². The fourth-order valence-electron chi connectivity index (χ4n) is 1.99. The Morgan fingerprint density at radius 3 is 2.00 bits per heavy atom. The minimum Gasteiger partial charge on any atom is -0.497 e. The van der Waals surface area contributed by atoms with Crippen molar-refractivity contribution in [3.63, 3.8) is 0 Å². The Hall–Kier alpha value is -2.34. The fourth-order valence-corrected chi connectivity index (χ4v) is 1.99. The zero-order valence-electron chi connectivity index (χ0n) is 12.1. The summed E-state index contributed by atoms with van der Waals surface area (Å²) in [5, 5.41) is 10.2. The first-order valence-electron chi connectivity index (χ1n) is 6.65. The second-order valence-corrected chi connectivity index (χ2v) is 4.88. The van der Waals surface area contributed by atoms with Crippen LogP contribution in [0.1, 0.15) is 11.1 Å². The number of benzene rings is 2. The molecule has 1 N–H and O–H groups in total. The molecule has 2 rings (SSSR count). The van der Waals surface area contributed by atoms with Crippen molar-refractivity contribution in [3.8, 4) is 5.75 Å². The molecule has 0 fully saturated rings. The molecule has 1 unspecified atom stereocenters.